The number of esters is 1. The molecule has 0 saturated carbocycles. The van der Waals surface area contributed by atoms with Crippen LogP contribution < -0.4 is 0 Å². The first-order valence-corrected chi connectivity index (χ1v) is 3.73. The molecule has 0 saturated heterocycles. The molecule has 1 aromatic heterocycles. The Bertz CT molecular complexity index is 269. The largest absolute Gasteiger partial charge is 0.466 e. The number of nitrogens with zero attached hydrogens (tertiary/aromatic N) is 3. The van der Waals surface area contributed by atoms with Crippen molar-refractivity contribution in [3.05, 3.63) is 11.9 Å². The fourth-order valence-electron chi connectivity index (χ4n) is 0.836. The number of hydrogen-bond donors (Lipinski definition) is 0. The second kappa shape index (κ2) is 3.85. The lowest BCUT2D eigenvalue weighted by Gasteiger charge is -1.96. The maximum absolute atomic E-state index is 10.9. The molecule has 0 bridgehead atoms. The van der Waals surface area contributed by atoms with Crippen molar-refractivity contribution in [2.75, 3.05) is 6.61 Å². The summed E-state index contributed by atoms with van der Waals surface area (Å²) in [5, 5.41) is 7.44. The molecule has 0 fully saturated rings. The SMILES string of the molecule is CCOC(=O)Cc1cn(C)nn1. The van der Waals surface area contributed by atoms with Gasteiger partial charge in [-0.15, -0.1) is 5.10 Å². The third kappa shape index (κ3) is 2.34. The van der Waals surface area contributed by atoms with Crippen molar-refractivity contribution in [2.45, 2.75) is 13.3 Å². The molecule has 0 radical (unpaired) electrons. The van der Waals surface area contributed by atoms with E-state index in [1.807, 2.05) is 0 Å². The molecule has 0 atom stereocenters. The maximum atomic E-state index is 10.9. The molecule has 5 nitrogen and oxygen atoms in total. The second-order valence-corrected chi connectivity index (χ2v) is 2.37. The van der Waals surface area contributed by atoms with E-state index in [1.165, 1.54) is 0 Å². The molecular formula is C7H11N3O2. The van der Waals surface area contributed by atoms with E-state index >= 15 is 0 Å². The summed E-state index contributed by atoms with van der Waals surface area (Å²) in [6.45, 7) is 2.17. The zero-order valence-electron chi connectivity index (χ0n) is 7.15. The highest BCUT2D eigenvalue weighted by Crippen LogP contribution is 1.94. The van der Waals surface area contributed by atoms with E-state index in [9.17, 15) is 4.79 Å². The number of aryl methyl sites for hydroxylation is 1. The first kappa shape index (κ1) is 8.70. The van der Waals surface area contributed by atoms with E-state index in [0.717, 1.165) is 0 Å². The lowest BCUT2D eigenvalue weighted by Crippen LogP contribution is -2.07. The second-order valence-electron chi connectivity index (χ2n) is 2.37. The molecule has 0 aromatic carbocycles. The van der Waals surface area contributed by atoms with Gasteiger partial charge in [-0.1, -0.05) is 5.21 Å². The topological polar surface area (TPSA) is 57.0 Å². The first-order chi connectivity index (χ1) is 5.72. The molecule has 0 N–H and O–H groups in total. The quantitative estimate of drug-likeness (QED) is 0.594. The average Bonchev–Trinajstić information content (AvgIpc) is 2.36. The monoisotopic (exact) mass is 169 g/mol. The number of ether oxygens (including phenoxy) is 1. The van der Waals surface area contributed by atoms with E-state index in [-0.39, 0.29) is 12.4 Å². The molecule has 0 aliphatic heterocycles. The van der Waals surface area contributed by atoms with Gasteiger partial charge in [0.05, 0.1) is 18.7 Å². The zero-order chi connectivity index (χ0) is 8.97. The fourth-order valence-corrected chi connectivity index (χ4v) is 0.836. The van der Waals surface area contributed by atoms with Crippen molar-refractivity contribution in [3.63, 3.8) is 0 Å². The molecule has 1 rings (SSSR count). The summed E-state index contributed by atoms with van der Waals surface area (Å²) >= 11 is 0. The van der Waals surface area contributed by atoms with Crippen molar-refractivity contribution < 1.29 is 9.53 Å². The number of rotatable bonds is 3. The van der Waals surface area contributed by atoms with Gasteiger partial charge in [0.25, 0.3) is 0 Å². The van der Waals surface area contributed by atoms with Crippen LogP contribution in [0.5, 0.6) is 0 Å². The van der Waals surface area contributed by atoms with Crippen LogP contribution in [0.4, 0.5) is 0 Å². The highest BCUT2D eigenvalue weighted by Gasteiger charge is 2.06. The van der Waals surface area contributed by atoms with Crippen LogP contribution in [0.2, 0.25) is 0 Å². The lowest BCUT2D eigenvalue weighted by atomic mass is 10.3. The molecular weight excluding hydrogens is 158 g/mol. The standard InChI is InChI=1S/C7H11N3O2/c1-3-12-7(11)4-6-5-10(2)9-8-6/h5H,3-4H2,1-2H3. The van der Waals surface area contributed by atoms with Gasteiger partial charge >= 0.3 is 5.97 Å². The summed E-state index contributed by atoms with van der Waals surface area (Å²) in [6, 6.07) is 0. The Balaban J connectivity index is 2.46. The van der Waals surface area contributed by atoms with Gasteiger partial charge in [-0.2, -0.15) is 0 Å². The summed E-state index contributed by atoms with van der Waals surface area (Å²) in [7, 11) is 1.75. The number of aromatic nitrogens is 3. The van der Waals surface area contributed by atoms with E-state index in [4.69, 9.17) is 4.74 Å². The minimum Gasteiger partial charge on any atom is -0.466 e. The summed E-state index contributed by atoms with van der Waals surface area (Å²) in [5.74, 6) is -0.266. The van der Waals surface area contributed by atoms with Crippen LogP contribution in [0.3, 0.4) is 0 Å². The smallest absolute Gasteiger partial charge is 0.311 e. The van der Waals surface area contributed by atoms with Gasteiger partial charge in [-0.25, -0.2) is 0 Å². The third-order valence-corrected chi connectivity index (χ3v) is 1.28. The van der Waals surface area contributed by atoms with Crippen LogP contribution in [0.25, 0.3) is 0 Å². The molecule has 0 unspecified atom stereocenters. The normalized spacial score (nSPS) is 9.83. The molecule has 66 valence electrons. The Hall–Kier alpha value is -1.39. The Kier molecular flexibility index (Phi) is 2.79. The maximum Gasteiger partial charge on any atom is 0.311 e. The molecule has 0 aliphatic carbocycles. The summed E-state index contributed by atoms with van der Waals surface area (Å²) in [5.41, 5.74) is 0.635. The Labute approximate surface area is 70.3 Å². The predicted octanol–water partition coefficient (Wildman–Crippen LogP) is -0.0793. The van der Waals surface area contributed by atoms with Gasteiger partial charge < -0.3 is 4.74 Å². The minimum atomic E-state index is -0.266. The van der Waals surface area contributed by atoms with Crippen molar-refractivity contribution in [1.82, 2.24) is 15.0 Å². The minimum absolute atomic E-state index is 0.196. The van der Waals surface area contributed by atoms with E-state index in [1.54, 1.807) is 24.9 Å². The van der Waals surface area contributed by atoms with Crippen LogP contribution in [-0.2, 0) is 23.0 Å². The molecule has 1 heterocycles. The Morgan fingerprint density at radius 3 is 3.00 bits per heavy atom. The van der Waals surface area contributed by atoms with Crippen molar-refractivity contribution in [1.29, 1.82) is 0 Å². The molecule has 5 heteroatoms. The number of carbonyl (C=O) groups is 1. The number of carbonyl (C=O) groups excluding carboxylic acids is 1. The van der Waals surface area contributed by atoms with Gasteiger partial charge in [-0.05, 0) is 6.92 Å². The van der Waals surface area contributed by atoms with E-state index < -0.39 is 0 Å². The Morgan fingerprint density at radius 2 is 2.50 bits per heavy atom. The molecule has 12 heavy (non-hydrogen) atoms. The lowest BCUT2D eigenvalue weighted by molar-refractivity contribution is -0.142. The molecule has 0 amide bonds. The van der Waals surface area contributed by atoms with Crippen LogP contribution in [0, 0.1) is 0 Å². The molecule has 0 aliphatic rings. The number of hydrogen-bond acceptors (Lipinski definition) is 4. The molecule has 0 spiro atoms. The van der Waals surface area contributed by atoms with Crippen molar-refractivity contribution in [2.24, 2.45) is 7.05 Å². The summed E-state index contributed by atoms with van der Waals surface area (Å²) in [4.78, 5) is 10.9. The average molecular weight is 169 g/mol. The van der Waals surface area contributed by atoms with Crippen molar-refractivity contribution in [3.8, 4) is 0 Å². The van der Waals surface area contributed by atoms with E-state index in [2.05, 4.69) is 10.3 Å². The molecule has 1 aromatic rings. The van der Waals surface area contributed by atoms with Gasteiger partial charge in [0.1, 0.15) is 0 Å². The Morgan fingerprint density at radius 1 is 1.75 bits per heavy atom. The van der Waals surface area contributed by atoms with Crippen LogP contribution in [-0.4, -0.2) is 27.6 Å². The van der Waals surface area contributed by atoms with Gasteiger partial charge in [0.15, 0.2) is 0 Å². The van der Waals surface area contributed by atoms with Crippen LogP contribution in [0.1, 0.15) is 12.6 Å². The predicted molar refractivity (Wildman–Crippen MR) is 41.3 cm³/mol. The summed E-state index contributed by atoms with van der Waals surface area (Å²) in [6.07, 6.45) is 1.89. The third-order valence-electron chi connectivity index (χ3n) is 1.28. The van der Waals surface area contributed by atoms with Crippen molar-refractivity contribution >= 4 is 5.97 Å². The highest BCUT2D eigenvalue weighted by atomic mass is 16.5. The van der Waals surface area contributed by atoms with Crippen LogP contribution in [0.15, 0.2) is 6.20 Å². The first-order valence-electron chi connectivity index (χ1n) is 3.73. The van der Waals surface area contributed by atoms with Crippen LogP contribution >= 0.6 is 0 Å². The van der Waals surface area contributed by atoms with Gasteiger partial charge in [0, 0.05) is 13.2 Å². The zero-order valence-corrected chi connectivity index (χ0v) is 7.15. The summed E-state index contributed by atoms with van der Waals surface area (Å²) < 4.78 is 6.29. The fraction of sp³-hybridized carbons (Fsp3) is 0.571. The van der Waals surface area contributed by atoms with Gasteiger partial charge in [0.2, 0.25) is 0 Å². The van der Waals surface area contributed by atoms with Gasteiger partial charge in [-0.3, -0.25) is 9.48 Å². The van der Waals surface area contributed by atoms with E-state index in [0.29, 0.717) is 12.3 Å². The highest BCUT2D eigenvalue weighted by molar-refractivity contribution is 5.71.